The molecule has 0 heterocycles. The lowest BCUT2D eigenvalue weighted by atomic mass is 10.2. The first kappa shape index (κ1) is 20.9. The first-order valence-corrected chi connectivity index (χ1v) is 10.7. The Balaban J connectivity index is 1.85. The van der Waals surface area contributed by atoms with Crippen molar-refractivity contribution in [2.45, 2.75) is 11.5 Å². The molecule has 3 aromatic rings. The third kappa shape index (κ3) is 5.18. The zero-order valence-electron chi connectivity index (χ0n) is 15.0. The second-order valence-corrected chi connectivity index (χ2v) is 8.79. The Kier molecular flexibility index (Phi) is 6.60. The summed E-state index contributed by atoms with van der Waals surface area (Å²) in [6, 6.07) is 21.6. The molecular formula is C22H15Cl2NO3S. The van der Waals surface area contributed by atoms with Crippen molar-refractivity contribution in [2.24, 2.45) is 0 Å². The van der Waals surface area contributed by atoms with Crippen molar-refractivity contribution in [1.82, 2.24) is 0 Å². The van der Waals surface area contributed by atoms with Crippen LogP contribution in [0, 0.1) is 11.3 Å². The molecule has 0 saturated carbocycles. The molecule has 0 aliphatic carbocycles. The van der Waals surface area contributed by atoms with Gasteiger partial charge in [-0.2, -0.15) is 5.26 Å². The van der Waals surface area contributed by atoms with Gasteiger partial charge in [-0.05, 0) is 54.1 Å². The largest absolute Gasteiger partial charge is 0.489 e. The van der Waals surface area contributed by atoms with Crippen molar-refractivity contribution < 1.29 is 13.2 Å². The number of halogens is 2. The zero-order chi connectivity index (χ0) is 20.9. The third-order valence-corrected chi connectivity index (χ3v) is 6.33. The molecular weight excluding hydrogens is 429 g/mol. The lowest BCUT2D eigenvalue weighted by molar-refractivity contribution is 0.306. The molecule has 0 fully saturated rings. The standard InChI is InChI=1S/C22H15Cl2NO3S/c23-18-8-10-20(11-9-18)29(26,27)21(14-25)13-16-4-3-6-19(12-16)28-15-17-5-1-2-7-22(17)24/h1-13H,15H2/b21-13+. The number of benzene rings is 3. The Bertz CT molecular complexity index is 1200. The summed E-state index contributed by atoms with van der Waals surface area (Å²) < 4.78 is 31.2. The molecule has 0 amide bonds. The molecule has 0 aromatic heterocycles. The SMILES string of the molecule is N#C/C(=C\c1cccc(OCc2ccccc2Cl)c1)S(=O)(=O)c1ccc(Cl)cc1. The van der Waals surface area contributed by atoms with Gasteiger partial charge >= 0.3 is 0 Å². The van der Waals surface area contributed by atoms with E-state index in [-0.39, 0.29) is 16.4 Å². The molecule has 0 aliphatic heterocycles. The number of ether oxygens (including phenoxy) is 1. The number of sulfone groups is 1. The lowest BCUT2D eigenvalue weighted by Gasteiger charge is -2.08. The molecule has 0 atom stereocenters. The molecule has 0 unspecified atom stereocenters. The fraction of sp³-hybridized carbons (Fsp3) is 0.0455. The number of allylic oxidation sites excluding steroid dienone is 1. The first-order valence-electron chi connectivity index (χ1n) is 8.49. The highest BCUT2D eigenvalue weighted by atomic mass is 35.5. The predicted octanol–water partition coefficient (Wildman–Crippen LogP) is 5.91. The topological polar surface area (TPSA) is 67.2 Å². The van der Waals surface area contributed by atoms with Crippen LogP contribution in [-0.2, 0) is 16.4 Å². The summed E-state index contributed by atoms with van der Waals surface area (Å²) in [5, 5.41) is 10.4. The summed E-state index contributed by atoms with van der Waals surface area (Å²) in [4.78, 5) is -0.371. The van der Waals surface area contributed by atoms with E-state index >= 15 is 0 Å². The van der Waals surface area contributed by atoms with Crippen LogP contribution in [0.5, 0.6) is 5.75 Å². The number of nitrogens with zero attached hydrogens (tertiary/aromatic N) is 1. The van der Waals surface area contributed by atoms with Gasteiger partial charge < -0.3 is 4.74 Å². The highest BCUT2D eigenvalue weighted by molar-refractivity contribution is 7.95. The number of hydrogen-bond acceptors (Lipinski definition) is 4. The van der Waals surface area contributed by atoms with Gasteiger partial charge in [-0.25, -0.2) is 8.42 Å². The summed E-state index contributed by atoms with van der Waals surface area (Å²) in [5.41, 5.74) is 1.36. The Morgan fingerprint density at radius 1 is 1.00 bits per heavy atom. The molecule has 3 rings (SSSR count). The number of rotatable bonds is 6. The Labute approximate surface area is 179 Å². The fourth-order valence-corrected chi connectivity index (χ4v) is 4.01. The molecule has 0 bridgehead atoms. The van der Waals surface area contributed by atoms with E-state index in [0.29, 0.717) is 21.4 Å². The molecule has 0 aliphatic rings. The molecule has 0 saturated heterocycles. The monoisotopic (exact) mass is 443 g/mol. The molecule has 0 N–H and O–H groups in total. The molecule has 4 nitrogen and oxygen atoms in total. The van der Waals surface area contributed by atoms with E-state index < -0.39 is 9.84 Å². The number of hydrogen-bond donors (Lipinski definition) is 0. The minimum absolute atomic E-state index is 0.000763. The summed E-state index contributed by atoms with van der Waals surface area (Å²) >= 11 is 11.9. The molecule has 29 heavy (non-hydrogen) atoms. The van der Waals surface area contributed by atoms with Crippen molar-refractivity contribution >= 4 is 39.1 Å². The van der Waals surface area contributed by atoms with Crippen LogP contribution in [0.4, 0.5) is 0 Å². The van der Waals surface area contributed by atoms with E-state index in [1.807, 2.05) is 18.2 Å². The van der Waals surface area contributed by atoms with E-state index in [1.54, 1.807) is 36.4 Å². The smallest absolute Gasteiger partial charge is 0.216 e. The van der Waals surface area contributed by atoms with Crippen molar-refractivity contribution in [1.29, 1.82) is 5.26 Å². The van der Waals surface area contributed by atoms with Gasteiger partial charge in [0.15, 0.2) is 0 Å². The summed E-state index contributed by atoms with van der Waals surface area (Å²) in [6.07, 6.45) is 1.31. The normalized spacial score (nSPS) is 11.7. The van der Waals surface area contributed by atoms with Crippen molar-refractivity contribution in [2.75, 3.05) is 0 Å². The van der Waals surface area contributed by atoms with Crippen LogP contribution in [0.25, 0.3) is 6.08 Å². The maximum atomic E-state index is 12.7. The second-order valence-electron chi connectivity index (χ2n) is 6.03. The van der Waals surface area contributed by atoms with E-state index in [2.05, 4.69) is 0 Å². The van der Waals surface area contributed by atoms with Gasteiger partial charge in [0.25, 0.3) is 0 Å². The average Bonchev–Trinajstić information content (AvgIpc) is 2.72. The summed E-state index contributed by atoms with van der Waals surface area (Å²) in [5.74, 6) is 0.528. The van der Waals surface area contributed by atoms with Crippen LogP contribution in [0.15, 0.2) is 82.6 Å². The van der Waals surface area contributed by atoms with E-state index in [1.165, 1.54) is 30.3 Å². The van der Waals surface area contributed by atoms with E-state index in [9.17, 15) is 13.7 Å². The van der Waals surface area contributed by atoms with Crippen LogP contribution < -0.4 is 4.74 Å². The van der Waals surface area contributed by atoms with Gasteiger partial charge in [0, 0.05) is 15.6 Å². The molecule has 7 heteroatoms. The summed E-state index contributed by atoms with van der Waals surface area (Å²) in [6.45, 7) is 0.265. The first-order chi connectivity index (χ1) is 13.9. The Hall–Kier alpha value is -2.78. The minimum atomic E-state index is -3.96. The summed E-state index contributed by atoms with van der Waals surface area (Å²) in [7, 11) is -3.96. The fourth-order valence-electron chi connectivity index (χ4n) is 2.53. The maximum Gasteiger partial charge on any atom is 0.216 e. The van der Waals surface area contributed by atoms with Crippen LogP contribution in [-0.4, -0.2) is 8.42 Å². The van der Waals surface area contributed by atoms with Crippen molar-refractivity contribution in [3.05, 3.63) is 98.9 Å². The van der Waals surface area contributed by atoms with Gasteiger partial charge in [0.2, 0.25) is 9.84 Å². The predicted molar refractivity (Wildman–Crippen MR) is 114 cm³/mol. The van der Waals surface area contributed by atoms with Crippen molar-refractivity contribution in [3.8, 4) is 11.8 Å². The van der Waals surface area contributed by atoms with Crippen LogP contribution in [0.3, 0.4) is 0 Å². The average molecular weight is 444 g/mol. The van der Waals surface area contributed by atoms with Gasteiger partial charge in [-0.1, -0.05) is 53.5 Å². The highest BCUT2D eigenvalue weighted by Crippen LogP contribution is 2.25. The molecule has 0 radical (unpaired) electrons. The van der Waals surface area contributed by atoms with Gasteiger partial charge in [-0.15, -0.1) is 0 Å². The molecule has 0 spiro atoms. The lowest BCUT2D eigenvalue weighted by Crippen LogP contribution is -2.03. The third-order valence-electron chi connectivity index (χ3n) is 4.03. The Morgan fingerprint density at radius 3 is 2.41 bits per heavy atom. The minimum Gasteiger partial charge on any atom is -0.489 e. The van der Waals surface area contributed by atoms with Crippen LogP contribution in [0.1, 0.15) is 11.1 Å². The van der Waals surface area contributed by atoms with Gasteiger partial charge in [0.05, 0.1) is 4.90 Å². The van der Waals surface area contributed by atoms with Gasteiger partial charge in [-0.3, -0.25) is 0 Å². The zero-order valence-corrected chi connectivity index (χ0v) is 17.4. The quantitative estimate of drug-likeness (QED) is 0.444. The maximum absolute atomic E-state index is 12.7. The highest BCUT2D eigenvalue weighted by Gasteiger charge is 2.20. The van der Waals surface area contributed by atoms with E-state index in [0.717, 1.165) is 5.56 Å². The van der Waals surface area contributed by atoms with Crippen LogP contribution in [0.2, 0.25) is 10.0 Å². The van der Waals surface area contributed by atoms with Crippen LogP contribution >= 0.6 is 23.2 Å². The molecule has 3 aromatic carbocycles. The van der Waals surface area contributed by atoms with E-state index in [4.69, 9.17) is 27.9 Å². The Morgan fingerprint density at radius 2 is 1.72 bits per heavy atom. The van der Waals surface area contributed by atoms with Gasteiger partial charge in [0.1, 0.15) is 23.3 Å². The van der Waals surface area contributed by atoms with Crippen molar-refractivity contribution in [3.63, 3.8) is 0 Å². The molecule has 146 valence electrons. The second kappa shape index (κ2) is 9.15. The number of nitriles is 1.